The highest BCUT2D eigenvalue weighted by Crippen LogP contribution is 2.36. The van der Waals surface area contributed by atoms with E-state index in [9.17, 15) is 5.11 Å². The van der Waals surface area contributed by atoms with Crippen LogP contribution in [0.2, 0.25) is 0 Å². The highest BCUT2D eigenvalue weighted by molar-refractivity contribution is 5.38. The van der Waals surface area contributed by atoms with Gasteiger partial charge in [-0.3, -0.25) is 0 Å². The Morgan fingerprint density at radius 3 is 2.92 bits per heavy atom. The van der Waals surface area contributed by atoms with Crippen LogP contribution in [0.4, 0.5) is 0 Å². The normalized spacial score (nSPS) is 20.7. The number of phenols is 1. The summed E-state index contributed by atoms with van der Waals surface area (Å²) in [6.07, 6.45) is 0.204. The van der Waals surface area contributed by atoms with E-state index >= 15 is 0 Å². The summed E-state index contributed by atoms with van der Waals surface area (Å²) in [6.45, 7) is 4.92. The summed E-state index contributed by atoms with van der Waals surface area (Å²) in [6, 6.07) is 5.48. The summed E-state index contributed by atoms with van der Waals surface area (Å²) in [5, 5.41) is 9.27. The molecule has 1 atom stereocenters. The fourth-order valence-electron chi connectivity index (χ4n) is 1.82. The van der Waals surface area contributed by atoms with E-state index in [1.165, 1.54) is 5.56 Å². The second kappa shape index (κ2) is 3.04. The molecule has 1 unspecified atom stereocenters. The first-order valence-corrected chi connectivity index (χ1v) is 4.62. The topological polar surface area (TPSA) is 29.5 Å². The van der Waals surface area contributed by atoms with Crippen LogP contribution in [0.5, 0.6) is 5.75 Å². The van der Waals surface area contributed by atoms with Crippen molar-refractivity contribution < 1.29 is 9.84 Å². The monoisotopic (exact) mass is 178 g/mol. The maximum atomic E-state index is 9.27. The van der Waals surface area contributed by atoms with Gasteiger partial charge in [0, 0.05) is 0 Å². The SMILES string of the molecule is CC(C)C1OCc2cc(O)ccc21. The van der Waals surface area contributed by atoms with Crippen LogP contribution in [-0.2, 0) is 11.3 Å². The Balaban J connectivity index is 2.38. The highest BCUT2D eigenvalue weighted by Gasteiger charge is 2.25. The molecule has 0 bridgehead atoms. The molecule has 13 heavy (non-hydrogen) atoms. The molecule has 2 nitrogen and oxygen atoms in total. The van der Waals surface area contributed by atoms with Gasteiger partial charge in [-0.15, -0.1) is 0 Å². The van der Waals surface area contributed by atoms with Crippen LogP contribution in [0.1, 0.15) is 31.1 Å². The zero-order valence-corrected chi connectivity index (χ0v) is 7.95. The molecule has 0 amide bonds. The lowest BCUT2D eigenvalue weighted by molar-refractivity contribution is 0.0341. The van der Waals surface area contributed by atoms with Gasteiger partial charge in [-0.2, -0.15) is 0 Å². The number of hydrogen-bond donors (Lipinski definition) is 1. The van der Waals surface area contributed by atoms with Gasteiger partial charge in [0.15, 0.2) is 0 Å². The van der Waals surface area contributed by atoms with E-state index in [4.69, 9.17) is 4.74 Å². The molecule has 1 heterocycles. The van der Waals surface area contributed by atoms with Gasteiger partial charge in [-0.05, 0) is 29.2 Å². The lowest BCUT2D eigenvalue weighted by Gasteiger charge is -2.14. The van der Waals surface area contributed by atoms with Gasteiger partial charge in [0.25, 0.3) is 0 Å². The first-order chi connectivity index (χ1) is 6.18. The summed E-state index contributed by atoms with van der Waals surface area (Å²) in [5.74, 6) is 0.817. The Morgan fingerprint density at radius 1 is 1.46 bits per heavy atom. The quantitative estimate of drug-likeness (QED) is 0.716. The number of benzene rings is 1. The van der Waals surface area contributed by atoms with Gasteiger partial charge in [0.1, 0.15) is 5.75 Å². The number of aromatic hydroxyl groups is 1. The molecule has 0 saturated heterocycles. The number of fused-ring (bicyclic) bond motifs is 1. The molecule has 0 aromatic heterocycles. The van der Waals surface area contributed by atoms with Crippen molar-refractivity contribution in [2.75, 3.05) is 0 Å². The zero-order valence-electron chi connectivity index (χ0n) is 7.95. The third-order valence-corrected chi connectivity index (χ3v) is 2.46. The van der Waals surface area contributed by atoms with Crippen molar-refractivity contribution in [3.63, 3.8) is 0 Å². The van der Waals surface area contributed by atoms with E-state index in [0.29, 0.717) is 18.3 Å². The lowest BCUT2D eigenvalue weighted by atomic mass is 9.97. The molecular weight excluding hydrogens is 164 g/mol. The number of rotatable bonds is 1. The molecule has 2 heteroatoms. The fraction of sp³-hybridized carbons (Fsp3) is 0.455. The molecule has 0 saturated carbocycles. The largest absolute Gasteiger partial charge is 0.508 e. The summed E-state index contributed by atoms with van der Waals surface area (Å²) in [5.41, 5.74) is 2.35. The second-order valence-corrected chi connectivity index (χ2v) is 3.86. The van der Waals surface area contributed by atoms with E-state index in [0.717, 1.165) is 5.56 Å². The van der Waals surface area contributed by atoms with Gasteiger partial charge in [-0.1, -0.05) is 19.9 Å². The van der Waals surface area contributed by atoms with Crippen LogP contribution >= 0.6 is 0 Å². The summed E-state index contributed by atoms with van der Waals surface area (Å²) in [7, 11) is 0. The van der Waals surface area contributed by atoms with Gasteiger partial charge in [0.2, 0.25) is 0 Å². The standard InChI is InChI=1S/C11H14O2/c1-7(2)11-10-4-3-9(12)5-8(10)6-13-11/h3-5,7,11-12H,6H2,1-2H3. The molecule has 0 spiro atoms. The number of ether oxygens (including phenoxy) is 1. The Morgan fingerprint density at radius 2 is 2.23 bits per heavy atom. The third kappa shape index (κ3) is 1.42. The molecule has 70 valence electrons. The van der Waals surface area contributed by atoms with Crippen LogP contribution < -0.4 is 0 Å². The molecule has 2 rings (SSSR count). The van der Waals surface area contributed by atoms with Crippen molar-refractivity contribution in [1.29, 1.82) is 0 Å². The third-order valence-electron chi connectivity index (χ3n) is 2.46. The fourth-order valence-corrected chi connectivity index (χ4v) is 1.82. The summed E-state index contributed by atoms with van der Waals surface area (Å²) >= 11 is 0. The minimum absolute atomic E-state index is 0.204. The molecular formula is C11H14O2. The molecule has 0 fully saturated rings. The Hall–Kier alpha value is -1.02. The predicted molar refractivity (Wildman–Crippen MR) is 50.5 cm³/mol. The van der Waals surface area contributed by atoms with Crippen LogP contribution in [0, 0.1) is 5.92 Å². The van der Waals surface area contributed by atoms with Crippen molar-refractivity contribution in [2.24, 2.45) is 5.92 Å². The van der Waals surface area contributed by atoms with E-state index in [-0.39, 0.29) is 6.10 Å². The van der Waals surface area contributed by atoms with Crippen LogP contribution in [0.15, 0.2) is 18.2 Å². The molecule has 0 aliphatic carbocycles. The molecule has 1 aliphatic heterocycles. The first-order valence-electron chi connectivity index (χ1n) is 4.62. The molecule has 1 aliphatic rings. The average Bonchev–Trinajstić information content (AvgIpc) is 2.46. The van der Waals surface area contributed by atoms with Crippen molar-refractivity contribution in [3.8, 4) is 5.75 Å². The van der Waals surface area contributed by atoms with Crippen molar-refractivity contribution in [3.05, 3.63) is 29.3 Å². The van der Waals surface area contributed by atoms with E-state index in [1.54, 1.807) is 12.1 Å². The smallest absolute Gasteiger partial charge is 0.115 e. The van der Waals surface area contributed by atoms with Crippen molar-refractivity contribution in [2.45, 2.75) is 26.6 Å². The summed E-state index contributed by atoms with van der Waals surface area (Å²) < 4.78 is 5.63. The number of phenolic OH excluding ortho intramolecular Hbond substituents is 1. The Labute approximate surface area is 78.2 Å². The van der Waals surface area contributed by atoms with E-state index in [1.807, 2.05) is 6.07 Å². The molecule has 1 aromatic rings. The van der Waals surface area contributed by atoms with E-state index in [2.05, 4.69) is 13.8 Å². The maximum Gasteiger partial charge on any atom is 0.115 e. The maximum absolute atomic E-state index is 9.27. The average molecular weight is 178 g/mol. The van der Waals surface area contributed by atoms with Crippen molar-refractivity contribution >= 4 is 0 Å². The minimum Gasteiger partial charge on any atom is -0.508 e. The van der Waals surface area contributed by atoms with Crippen LogP contribution in [0.25, 0.3) is 0 Å². The van der Waals surface area contributed by atoms with Gasteiger partial charge < -0.3 is 9.84 Å². The van der Waals surface area contributed by atoms with Gasteiger partial charge in [-0.25, -0.2) is 0 Å². The highest BCUT2D eigenvalue weighted by atomic mass is 16.5. The second-order valence-electron chi connectivity index (χ2n) is 3.86. The Bertz CT molecular complexity index is 318. The van der Waals surface area contributed by atoms with Gasteiger partial charge in [0.05, 0.1) is 12.7 Å². The number of hydrogen-bond acceptors (Lipinski definition) is 2. The molecule has 1 N–H and O–H groups in total. The van der Waals surface area contributed by atoms with Gasteiger partial charge >= 0.3 is 0 Å². The molecule has 0 radical (unpaired) electrons. The summed E-state index contributed by atoms with van der Waals surface area (Å²) in [4.78, 5) is 0. The molecule has 1 aromatic carbocycles. The van der Waals surface area contributed by atoms with Crippen LogP contribution in [0.3, 0.4) is 0 Å². The van der Waals surface area contributed by atoms with E-state index < -0.39 is 0 Å². The van der Waals surface area contributed by atoms with Crippen LogP contribution in [-0.4, -0.2) is 5.11 Å². The lowest BCUT2D eigenvalue weighted by Crippen LogP contribution is -2.03. The minimum atomic E-state index is 0.204. The Kier molecular flexibility index (Phi) is 2.00. The predicted octanol–water partition coefficient (Wildman–Crippen LogP) is 2.62. The zero-order chi connectivity index (χ0) is 9.42. The first kappa shape index (κ1) is 8.57. The van der Waals surface area contributed by atoms with Crippen molar-refractivity contribution in [1.82, 2.24) is 0 Å².